The lowest BCUT2D eigenvalue weighted by molar-refractivity contribution is -0.137. The molecule has 0 saturated heterocycles. The molecule has 4 rings (SSSR count). The predicted molar refractivity (Wildman–Crippen MR) is 136 cm³/mol. The summed E-state index contributed by atoms with van der Waals surface area (Å²) in [4.78, 5) is 14.0. The van der Waals surface area contributed by atoms with Gasteiger partial charge in [0.15, 0.2) is 0 Å². The number of benzene rings is 3. The Balaban J connectivity index is 1.49. The molecule has 1 N–H and O–H groups in total. The summed E-state index contributed by atoms with van der Waals surface area (Å²) >= 11 is 0. The molecule has 0 aliphatic rings. The van der Waals surface area contributed by atoms with Gasteiger partial charge in [-0.15, -0.1) is 0 Å². The van der Waals surface area contributed by atoms with Crippen LogP contribution in [-0.4, -0.2) is 26.5 Å². The molecule has 0 spiro atoms. The Morgan fingerprint density at radius 1 is 0.949 bits per heavy atom. The first-order valence-corrected chi connectivity index (χ1v) is 12.9. The van der Waals surface area contributed by atoms with Crippen molar-refractivity contribution in [3.8, 4) is 11.5 Å². The van der Waals surface area contributed by atoms with Crippen LogP contribution >= 0.6 is 0 Å². The smallest absolute Gasteiger partial charge is 0.416 e. The molecular weight excluding hydrogens is 537 g/mol. The van der Waals surface area contributed by atoms with Crippen LogP contribution in [0.15, 0.2) is 101 Å². The highest BCUT2D eigenvalue weighted by molar-refractivity contribution is 7.87. The third-order valence-electron chi connectivity index (χ3n) is 5.52. The zero-order valence-corrected chi connectivity index (χ0v) is 21.3. The zero-order chi connectivity index (χ0) is 28.0. The standard InChI is InChI=1S/C27H23F3N2O6S/c1-36-25-10-3-2-9-24(25)31-26(33)32(18-22-7-5-15-37-22)17-19-11-13-21(14-12-19)38-39(34,35)23-8-4-6-20(16-23)27(28,29)30/h2-16H,17-18H2,1H3,(H,31,33). The SMILES string of the molecule is COc1ccccc1NC(=O)N(Cc1ccc(OS(=O)(=O)c2cccc(C(F)(F)F)c2)cc1)Cc1ccco1. The number of carbonyl (C=O) groups excluding carboxylic acids is 1. The number of hydrogen-bond acceptors (Lipinski definition) is 6. The van der Waals surface area contributed by atoms with E-state index in [4.69, 9.17) is 13.3 Å². The van der Waals surface area contributed by atoms with E-state index in [2.05, 4.69) is 5.32 Å². The van der Waals surface area contributed by atoms with Crippen LogP contribution in [0, 0.1) is 0 Å². The molecule has 1 heterocycles. The Labute approximate surface area is 222 Å². The van der Waals surface area contributed by atoms with Crippen molar-refractivity contribution in [1.29, 1.82) is 0 Å². The highest BCUT2D eigenvalue weighted by Gasteiger charge is 2.32. The van der Waals surface area contributed by atoms with Crippen molar-refractivity contribution in [2.45, 2.75) is 24.2 Å². The zero-order valence-electron chi connectivity index (χ0n) is 20.5. The van der Waals surface area contributed by atoms with E-state index in [-0.39, 0.29) is 18.8 Å². The number of ether oxygens (including phenoxy) is 1. The Morgan fingerprint density at radius 3 is 2.36 bits per heavy atom. The molecule has 8 nitrogen and oxygen atoms in total. The topological polar surface area (TPSA) is 98.1 Å². The van der Waals surface area contributed by atoms with Gasteiger partial charge in [-0.05, 0) is 60.2 Å². The van der Waals surface area contributed by atoms with Crippen LogP contribution in [0.25, 0.3) is 0 Å². The van der Waals surface area contributed by atoms with Gasteiger partial charge in [-0.3, -0.25) is 0 Å². The van der Waals surface area contributed by atoms with Gasteiger partial charge in [0.05, 0.1) is 31.2 Å². The fourth-order valence-corrected chi connectivity index (χ4v) is 4.58. The van der Waals surface area contributed by atoms with Crippen molar-refractivity contribution >= 4 is 21.8 Å². The molecular formula is C27H23F3N2O6S. The number of furan rings is 1. The molecule has 0 aliphatic carbocycles. The molecule has 3 aromatic carbocycles. The molecule has 0 fully saturated rings. The number of carbonyl (C=O) groups is 1. The highest BCUT2D eigenvalue weighted by Crippen LogP contribution is 2.31. The Morgan fingerprint density at radius 2 is 1.69 bits per heavy atom. The van der Waals surface area contributed by atoms with Gasteiger partial charge in [-0.2, -0.15) is 21.6 Å². The molecule has 2 amide bonds. The first-order valence-electron chi connectivity index (χ1n) is 11.5. The van der Waals surface area contributed by atoms with Crippen molar-refractivity contribution in [2.75, 3.05) is 12.4 Å². The largest absolute Gasteiger partial charge is 0.495 e. The van der Waals surface area contributed by atoms with Gasteiger partial charge in [0, 0.05) is 6.54 Å². The lowest BCUT2D eigenvalue weighted by atomic mass is 10.2. The second-order valence-corrected chi connectivity index (χ2v) is 9.82. The average molecular weight is 561 g/mol. The first-order chi connectivity index (χ1) is 18.5. The normalized spacial score (nSPS) is 11.6. The molecule has 0 saturated carbocycles. The van der Waals surface area contributed by atoms with Crippen molar-refractivity contribution in [2.24, 2.45) is 0 Å². The van der Waals surface area contributed by atoms with Gasteiger partial charge in [-0.1, -0.05) is 30.3 Å². The highest BCUT2D eigenvalue weighted by atomic mass is 32.2. The number of nitrogens with zero attached hydrogens (tertiary/aromatic N) is 1. The molecule has 12 heteroatoms. The summed E-state index contributed by atoms with van der Waals surface area (Å²) in [6, 6.07) is 19.0. The summed E-state index contributed by atoms with van der Waals surface area (Å²) < 4.78 is 79.8. The number of rotatable bonds is 9. The van der Waals surface area contributed by atoms with E-state index in [0.29, 0.717) is 28.8 Å². The Hall–Kier alpha value is -4.45. The molecule has 0 atom stereocenters. The van der Waals surface area contributed by atoms with Crippen molar-refractivity contribution in [1.82, 2.24) is 4.90 Å². The molecule has 0 aliphatic heterocycles. The van der Waals surface area contributed by atoms with Gasteiger partial charge < -0.3 is 23.6 Å². The number of urea groups is 1. The molecule has 1 aromatic heterocycles. The summed E-state index contributed by atoms with van der Waals surface area (Å²) in [5.41, 5.74) is -0.0101. The van der Waals surface area contributed by atoms with Crippen LogP contribution in [0.1, 0.15) is 16.9 Å². The van der Waals surface area contributed by atoms with E-state index >= 15 is 0 Å². The number of hydrogen-bond donors (Lipinski definition) is 1. The van der Waals surface area contributed by atoms with Crippen LogP contribution in [0.2, 0.25) is 0 Å². The summed E-state index contributed by atoms with van der Waals surface area (Å²) in [7, 11) is -3.03. The van der Waals surface area contributed by atoms with Gasteiger partial charge in [0.1, 0.15) is 22.2 Å². The lowest BCUT2D eigenvalue weighted by Crippen LogP contribution is -2.34. The fourth-order valence-electron chi connectivity index (χ4n) is 3.61. The minimum Gasteiger partial charge on any atom is -0.495 e. The van der Waals surface area contributed by atoms with E-state index in [0.717, 1.165) is 18.2 Å². The van der Waals surface area contributed by atoms with E-state index in [1.165, 1.54) is 30.4 Å². The lowest BCUT2D eigenvalue weighted by Gasteiger charge is -2.23. The minimum atomic E-state index is -4.70. The Bertz CT molecular complexity index is 1520. The van der Waals surface area contributed by atoms with Crippen LogP contribution in [0.5, 0.6) is 11.5 Å². The predicted octanol–water partition coefficient (Wildman–Crippen LogP) is 6.31. The van der Waals surface area contributed by atoms with Crippen LogP contribution in [-0.2, 0) is 29.4 Å². The molecule has 0 bridgehead atoms. The van der Waals surface area contributed by atoms with Gasteiger partial charge in [-0.25, -0.2) is 4.79 Å². The van der Waals surface area contributed by atoms with E-state index in [1.807, 2.05) is 0 Å². The quantitative estimate of drug-likeness (QED) is 0.241. The second kappa shape index (κ2) is 11.5. The maximum Gasteiger partial charge on any atom is 0.416 e. The molecule has 0 unspecified atom stereocenters. The number of anilines is 1. The fraction of sp³-hybridized carbons (Fsp3) is 0.148. The third-order valence-corrected chi connectivity index (χ3v) is 6.76. The van der Waals surface area contributed by atoms with E-state index in [9.17, 15) is 26.4 Å². The molecule has 204 valence electrons. The van der Waals surface area contributed by atoms with Crippen molar-refractivity contribution in [3.05, 3.63) is 108 Å². The Kier molecular flexibility index (Phi) is 8.15. The van der Waals surface area contributed by atoms with Gasteiger partial charge in [0.25, 0.3) is 0 Å². The van der Waals surface area contributed by atoms with Gasteiger partial charge >= 0.3 is 22.3 Å². The summed E-state index contributed by atoms with van der Waals surface area (Å²) in [5.74, 6) is 0.914. The van der Waals surface area contributed by atoms with Crippen LogP contribution in [0.4, 0.5) is 23.7 Å². The summed E-state index contributed by atoms with van der Waals surface area (Å²) in [6.07, 6.45) is -3.21. The van der Waals surface area contributed by atoms with E-state index < -0.39 is 32.8 Å². The molecule has 39 heavy (non-hydrogen) atoms. The maximum absolute atomic E-state index is 13.2. The van der Waals surface area contributed by atoms with E-state index in [1.54, 1.807) is 48.5 Å². The summed E-state index contributed by atoms with van der Waals surface area (Å²) in [5, 5.41) is 2.81. The number of methoxy groups -OCH3 is 1. The van der Waals surface area contributed by atoms with Crippen LogP contribution < -0.4 is 14.2 Å². The third kappa shape index (κ3) is 7.11. The van der Waals surface area contributed by atoms with Crippen molar-refractivity contribution in [3.63, 3.8) is 0 Å². The molecule has 4 aromatic rings. The number of amides is 2. The summed E-state index contributed by atoms with van der Waals surface area (Å²) in [6.45, 7) is 0.249. The number of para-hydroxylation sites is 2. The van der Waals surface area contributed by atoms with Gasteiger partial charge in [0.2, 0.25) is 0 Å². The maximum atomic E-state index is 13.2. The number of nitrogens with one attached hydrogen (secondary N) is 1. The minimum absolute atomic E-state index is 0.104. The van der Waals surface area contributed by atoms with Crippen LogP contribution in [0.3, 0.4) is 0 Å². The number of alkyl halides is 3. The number of halogens is 3. The second-order valence-electron chi connectivity index (χ2n) is 8.27. The average Bonchev–Trinajstić information content (AvgIpc) is 3.42. The first kappa shape index (κ1) is 27.6. The molecule has 0 radical (unpaired) electrons. The van der Waals surface area contributed by atoms with Crippen molar-refractivity contribution < 1.29 is 39.7 Å². The monoisotopic (exact) mass is 560 g/mol.